The number of carbonyl (C=O) groups excluding carboxylic acids is 5. The molecule has 432 valence electrons. The lowest BCUT2D eigenvalue weighted by Crippen LogP contribution is -2.40. The van der Waals surface area contributed by atoms with Crippen LogP contribution in [0.4, 0.5) is 34.8 Å². The van der Waals surface area contributed by atoms with Gasteiger partial charge in [-0.2, -0.15) is 19.9 Å². The van der Waals surface area contributed by atoms with Gasteiger partial charge in [0.15, 0.2) is 58.8 Å². The third-order valence-corrected chi connectivity index (χ3v) is 12.3. The average Bonchev–Trinajstić information content (AvgIpc) is 4.03. The third-order valence-electron chi connectivity index (χ3n) is 12.0. The third kappa shape index (κ3) is 15.7. The summed E-state index contributed by atoms with van der Waals surface area (Å²) in [7, 11) is 0. The maximum absolute atomic E-state index is 16.7. The SMILES string of the molecule is CC(C)(C)OC(=O)CC(C)(C)OC(=O)Nc1nc(Cl)nc2c1ncn2C1OC(CO)C(CC(C)(C)OC(=O)OC(C)(C)CC2C(CO)OC(n3cnc4c(NC(=O)OC(C)(C)CC(=O)OC(C)(C)C)nc(Cl)nc43)C2F)C1F. The van der Waals surface area contributed by atoms with Crippen molar-refractivity contribution in [2.75, 3.05) is 23.8 Å². The molecule has 0 aliphatic carbocycles. The minimum Gasteiger partial charge on any atom is -0.460 e. The van der Waals surface area contributed by atoms with Crippen LogP contribution in [0.3, 0.4) is 0 Å². The Hall–Kier alpha value is -5.87. The molecule has 25 nitrogen and oxygen atoms in total. The lowest BCUT2D eigenvalue weighted by Gasteiger charge is -2.33. The van der Waals surface area contributed by atoms with Gasteiger partial charge in [-0.15, -0.1) is 0 Å². The second-order valence-corrected chi connectivity index (χ2v) is 24.2. The molecule has 6 rings (SSSR count). The number of carbonyl (C=O) groups is 5. The number of aliphatic hydroxyl groups is 2. The van der Waals surface area contributed by atoms with Crippen molar-refractivity contribution in [3.8, 4) is 0 Å². The predicted molar refractivity (Wildman–Crippen MR) is 274 cm³/mol. The maximum Gasteiger partial charge on any atom is 0.509 e. The average molecular weight is 1150 g/mol. The predicted octanol–water partition coefficient (Wildman–Crippen LogP) is 8.27. The van der Waals surface area contributed by atoms with Crippen LogP contribution in [0.5, 0.6) is 0 Å². The number of hydrogen-bond donors (Lipinski definition) is 4. The van der Waals surface area contributed by atoms with E-state index in [9.17, 15) is 34.2 Å². The zero-order valence-corrected chi connectivity index (χ0v) is 47.3. The molecule has 78 heavy (non-hydrogen) atoms. The van der Waals surface area contributed by atoms with E-state index in [4.69, 9.17) is 61.1 Å². The van der Waals surface area contributed by atoms with Crippen LogP contribution >= 0.6 is 23.2 Å². The van der Waals surface area contributed by atoms with Crippen LogP contribution in [0, 0.1) is 11.8 Å². The minimum atomic E-state index is -1.88. The molecule has 2 fully saturated rings. The summed E-state index contributed by atoms with van der Waals surface area (Å²) >= 11 is 12.5. The lowest BCUT2D eigenvalue weighted by atomic mass is 9.87. The van der Waals surface area contributed by atoms with Gasteiger partial charge in [0.2, 0.25) is 10.6 Å². The largest absolute Gasteiger partial charge is 0.509 e. The van der Waals surface area contributed by atoms with E-state index in [-0.39, 0.29) is 70.2 Å². The van der Waals surface area contributed by atoms with Gasteiger partial charge in [0.05, 0.1) is 50.9 Å². The molecule has 0 bridgehead atoms. The Balaban J connectivity index is 1.08. The number of halogens is 4. The van der Waals surface area contributed by atoms with E-state index in [2.05, 4.69) is 40.5 Å². The first-order valence-electron chi connectivity index (χ1n) is 24.8. The molecule has 0 spiro atoms. The molecule has 6 heterocycles. The number of aliphatic hydroxyl groups excluding tert-OH is 2. The van der Waals surface area contributed by atoms with Gasteiger partial charge in [-0.3, -0.25) is 29.4 Å². The van der Waals surface area contributed by atoms with Crippen molar-refractivity contribution in [2.24, 2.45) is 11.8 Å². The van der Waals surface area contributed by atoms with Crippen LogP contribution < -0.4 is 10.6 Å². The lowest BCUT2D eigenvalue weighted by molar-refractivity contribution is -0.160. The highest BCUT2D eigenvalue weighted by atomic mass is 35.5. The summed E-state index contributed by atoms with van der Waals surface area (Å²) in [4.78, 5) is 89.5. The van der Waals surface area contributed by atoms with Gasteiger partial charge in [0, 0.05) is 11.8 Å². The summed E-state index contributed by atoms with van der Waals surface area (Å²) in [5.41, 5.74) is -7.25. The zero-order chi connectivity index (χ0) is 58.2. The van der Waals surface area contributed by atoms with Crippen LogP contribution in [0.25, 0.3) is 22.3 Å². The first kappa shape index (κ1) is 61.3. The number of nitrogens with zero attached hydrogens (tertiary/aromatic N) is 8. The minimum absolute atomic E-state index is 0.0308. The molecule has 0 radical (unpaired) electrons. The molecular weight excluding hydrogens is 1080 g/mol. The maximum atomic E-state index is 16.7. The summed E-state index contributed by atoms with van der Waals surface area (Å²) in [5, 5.41) is 24.9. The molecule has 2 aliphatic heterocycles. The van der Waals surface area contributed by atoms with E-state index < -0.39 is 126 Å². The second-order valence-electron chi connectivity index (χ2n) is 23.5. The topological polar surface area (TPSA) is 311 Å². The molecule has 8 unspecified atom stereocenters. The fourth-order valence-electron chi connectivity index (χ4n) is 9.11. The van der Waals surface area contributed by atoms with Gasteiger partial charge in [0.25, 0.3) is 0 Å². The fourth-order valence-corrected chi connectivity index (χ4v) is 9.44. The number of ether oxygens (including phenoxy) is 8. The highest BCUT2D eigenvalue weighted by Gasteiger charge is 2.51. The van der Waals surface area contributed by atoms with Crippen LogP contribution in [0.15, 0.2) is 12.7 Å². The summed E-state index contributed by atoms with van der Waals surface area (Å²) in [6.07, 6.45) is -10.7. The molecule has 0 saturated carbocycles. The van der Waals surface area contributed by atoms with Gasteiger partial charge >= 0.3 is 30.3 Å². The number of imidazole rings is 2. The summed E-state index contributed by atoms with van der Waals surface area (Å²) in [5.74, 6) is -3.79. The van der Waals surface area contributed by atoms with E-state index in [1.165, 1.54) is 77.2 Å². The van der Waals surface area contributed by atoms with E-state index in [0.717, 1.165) is 0 Å². The molecule has 2 amide bonds. The van der Waals surface area contributed by atoms with E-state index in [0.29, 0.717) is 0 Å². The van der Waals surface area contributed by atoms with Crippen molar-refractivity contribution in [1.29, 1.82) is 0 Å². The smallest absolute Gasteiger partial charge is 0.460 e. The van der Waals surface area contributed by atoms with Gasteiger partial charge in [0.1, 0.15) is 33.6 Å². The van der Waals surface area contributed by atoms with Crippen LogP contribution in [-0.4, -0.2) is 151 Å². The van der Waals surface area contributed by atoms with E-state index >= 15 is 8.78 Å². The summed E-state index contributed by atoms with van der Waals surface area (Å²) in [6.45, 7) is 21.0. The quantitative estimate of drug-likeness (QED) is 0.0414. The Labute approximate surface area is 458 Å². The number of aromatic nitrogens is 8. The van der Waals surface area contributed by atoms with Crippen LogP contribution in [0.1, 0.15) is 135 Å². The van der Waals surface area contributed by atoms with Crippen LogP contribution in [0.2, 0.25) is 10.6 Å². The Morgan fingerprint density at radius 2 is 0.910 bits per heavy atom. The number of amides is 2. The standard InChI is InChI=1S/C49H68Cl2F2N10O15/c1-44(2,3)73-27(66)17-48(11,12)75-41(68)58-33-31-35(60-39(50)56-33)62(21-54-31)37-29(52)23(25(19-64)71-37)15-46(7,8)77-43(70)78-47(9,10)16-24-26(20-65)72-38(30(24)53)63-22-55-32-34(57-40(51)61-36(32)63)59-42(69)76-49(13,14)18-28(67)74-45(4,5)6/h21-26,29-30,37-38,64-65H,15-20H2,1-14H3,(H,56,58,60,68)(H,57,59,61,69). The van der Waals surface area contributed by atoms with Crippen molar-refractivity contribution >= 4 is 87.4 Å². The number of alkyl halides is 2. The van der Waals surface area contributed by atoms with Crippen LogP contribution in [-0.2, 0) is 47.5 Å². The number of esters is 2. The highest BCUT2D eigenvalue weighted by Crippen LogP contribution is 2.45. The van der Waals surface area contributed by atoms with Gasteiger partial charge in [-0.25, -0.2) is 33.1 Å². The molecule has 8 atom stereocenters. The van der Waals surface area contributed by atoms with Gasteiger partial charge in [-0.05, 0) is 133 Å². The summed E-state index contributed by atoms with van der Waals surface area (Å²) in [6, 6.07) is 0. The van der Waals surface area contributed by atoms with Gasteiger partial charge < -0.3 is 48.1 Å². The highest BCUT2D eigenvalue weighted by molar-refractivity contribution is 6.29. The number of hydrogen-bond acceptors (Lipinski definition) is 21. The Morgan fingerprint density at radius 3 is 1.23 bits per heavy atom. The van der Waals surface area contributed by atoms with Crippen molar-refractivity contribution in [3.63, 3.8) is 0 Å². The Morgan fingerprint density at radius 1 is 0.564 bits per heavy atom. The van der Waals surface area contributed by atoms with Crippen molar-refractivity contribution in [1.82, 2.24) is 39.0 Å². The zero-order valence-electron chi connectivity index (χ0n) is 45.8. The summed E-state index contributed by atoms with van der Waals surface area (Å²) < 4.78 is 80.9. The molecule has 2 aliphatic rings. The van der Waals surface area contributed by atoms with E-state index in [1.54, 1.807) is 41.5 Å². The molecular formula is C49H68Cl2F2N10O15. The molecule has 29 heteroatoms. The van der Waals surface area contributed by atoms with Crippen molar-refractivity contribution < 1.29 is 80.9 Å². The molecule has 4 aromatic heterocycles. The first-order chi connectivity index (χ1) is 35.9. The Bertz CT molecular complexity index is 2680. The fraction of sp³-hybridized carbons (Fsp3) is 0.694. The molecule has 0 aromatic carbocycles. The molecule has 2 saturated heterocycles. The molecule has 4 N–H and O–H groups in total. The van der Waals surface area contributed by atoms with Gasteiger partial charge in [-0.1, -0.05) is 0 Å². The monoisotopic (exact) mass is 1140 g/mol. The Kier molecular flexibility index (Phi) is 18.1. The van der Waals surface area contributed by atoms with Crippen molar-refractivity contribution in [3.05, 3.63) is 23.2 Å². The molecule has 4 aromatic rings. The number of nitrogens with one attached hydrogen (secondary N) is 2. The normalized spacial score (nSPS) is 22.3. The second kappa shape index (κ2) is 23.1. The van der Waals surface area contributed by atoms with Crippen molar-refractivity contribution in [2.45, 2.75) is 193 Å². The van der Waals surface area contributed by atoms with E-state index in [1.807, 2.05) is 0 Å². The first-order valence-corrected chi connectivity index (χ1v) is 25.6. The number of rotatable bonds is 18. The number of fused-ring (bicyclic) bond motifs is 2. The number of anilines is 2.